The highest BCUT2D eigenvalue weighted by Crippen LogP contribution is 2.24. The molecule has 8 nitrogen and oxygen atoms in total. The number of hydrogen-bond donors (Lipinski definition) is 1. The molecule has 3 amide bonds. The molecule has 0 aliphatic carbocycles. The number of methoxy groups -OCH3 is 1. The normalized spacial score (nSPS) is 21.0. The van der Waals surface area contributed by atoms with E-state index < -0.39 is 0 Å². The van der Waals surface area contributed by atoms with Gasteiger partial charge in [-0.25, -0.2) is 4.79 Å². The molecular weight excluding hydrogens is 348 g/mol. The molecule has 1 N–H and O–H groups in total. The Balaban J connectivity index is 1.61. The Morgan fingerprint density at radius 3 is 2.67 bits per heavy atom. The van der Waals surface area contributed by atoms with Crippen LogP contribution in [0.4, 0.5) is 10.5 Å². The Morgan fingerprint density at radius 2 is 1.93 bits per heavy atom. The molecule has 0 unspecified atom stereocenters. The van der Waals surface area contributed by atoms with Crippen LogP contribution in [0.2, 0.25) is 0 Å². The summed E-state index contributed by atoms with van der Waals surface area (Å²) in [5, 5.41) is 2.88. The Labute approximate surface area is 160 Å². The molecule has 3 rings (SSSR count). The number of piperazine rings is 1. The number of anilines is 1. The molecule has 0 bridgehead atoms. The highest BCUT2D eigenvalue weighted by molar-refractivity contribution is 5.93. The zero-order valence-electron chi connectivity index (χ0n) is 16.0. The van der Waals surface area contributed by atoms with Gasteiger partial charge in [0.15, 0.2) is 0 Å². The minimum absolute atomic E-state index is 0.00138. The minimum Gasteiger partial charge on any atom is -0.495 e. The molecule has 1 aromatic rings. The minimum atomic E-state index is -0.263. The number of carbonyl (C=O) groups excluding carboxylic acids is 2. The lowest BCUT2D eigenvalue weighted by Gasteiger charge is -2.41. The summed E-state index contributed by atoms with van der Waals surface area (Å²) in [5.41, 5.74) is 0.624. The first-order valence-electron chi connectivity index (χ1n) is 9.33. The number of carbonyl (C=O) groups is 2. The summed E-state index contributed by atoms with van der Waals surface area (Å²) in [4.78, 5) is 31.4. The van der Waals surface area contributed by atoms with Crippen molar-refractivity contribution in [3.05, 3.63) is 24.3 Å². The van der Waals surface area contributed by atoms with Gasteiger partial charge in [0.2, 0.25) is 5.91 Å². The first kappa shape index (κ1) is 19.4. The number of rotatable bonds is 4. The molecule has 2 aliphatic rings. The lowest BCUT2D eigenvalue weighted by atomic mass is 10.1. The first-order valence-corrected chi connectivity index (χ1v) is 9.33. The molecule has 2 fully saturated rings. The third-order valence-electron chi connectivity index (χ3n) is 5.05. The molecule has 27 heavy (non-hydrogen) atoms. The van der Waals surface area contributed by atoms with E-state index in [2.05, 4.69) is 17.3 Å². The Kier molecular flexibility index (Phi) is 6.52. The van der Waals surface area contributed by atoms with E-state index in [-0.39, 0.29) is 24.4 Å². The van der Waals surface area contributed by atoms with Gasteiger partial charge in [0.1, 0.15) is 5.75 Å². The zero-order valence-corrected chi connectivity index (χ0v) is 16.0. The van der Waals surface area contributed by atoms with E-state index in [4.69, 9.17) is 9.47 Å². The second-order valence-corrected chi connectivity index (χ2v) is 6.95. The largest absolute Gasteiger partial charge is 0.495 e. The standard InChI is InChI=1S/C19H28N4O4/c1-21-7-9-22(10-8-21)19(25)23-11-12-27-14-15(23)13-18(24)20-16-5-3-4-6-17(16)26-2/h3-6,15H,7-14H2,1-2H3,(H,20,24)/t15-/m1/s1. The Hall–Kier alpha value is -2.32. The van der Waals surface area contributed by atoms with Crippen LogP contribution >= 0.6 is 0 Å². The molecule has 1 atom stereocenters. The van der Waals surface area contributed by atoms with Crippen molar-refractivity contribution in [2.75, 3.05) is 65.4 Å². The lowest BCUT2D eigenvalue weighted by molar-refractivity contribution is -0.118. The third-order valence-corrected chi connectivity index (χ3v) is 5.05. The summed E-state index contributed by atoms with van der Waals surface area (Å²) >= 11 is 0. The summed E-state index contributed by atoms with van der Waals surface area (Å²) < 4.78 is 10.8. The Bertz CT molecular complexity index is 661. The van der Waals surface area contributed by atoms with E-state index in [1.54, 1.807) is 24.1 Å². The second kappa shape index (κ2) is 9.05. The van der Waals surface area contributed by atoms with E-state index in [1.807, 2.05) is 17.0 Å². The number of amides is 3. The molecule has 2 heterocycles. The van der Waals surface area contributed by atoms with Crippen LogP contribution in [0, 0.1) is 0 Å². The van der Waals surface area contributed by atoms with E-state index in [0.29, 0.717) is 44.3 Å². The maximum atomic E-state index is 12.9. The highest BCUT2D eigenvalue weighted by Gasteiger charge is 2.33. The number of benzene rings is 1. The zero-order chi connectivity index (χ0) is 19.2. The van der Waals surface area contributed by atoms with Gasteiger partial charge in [-0.15, -0.1) is 0 Å². The van der Waals surface area contributed by atoms with E-state index in [0.717, 1.165) is 13.1 Å². The fourth-order valence-corrected chi connectivity index (χ4v) is 3.42. The van der Waals surface area contributed by atoms with Gasteiger partial charge < -0.3 is 29.5 Å². The molecule has 0 saturated carbocycles. The molecule has 0 spiro atoms. The number of ether oxygens (including phenoxy) is 2. The van der Waals surface area contributed by atoms with E-state index in [9.17, 15) is 9.59 Å². The molecule has 0 aromatic heterocycles. The number of urea groups is 1. The predicted octanol–water partition coefficient (Wildman–Crippen LogP) is 1.09. The van der Waals surface area contributed by atoms with Crippen molar-refractivity contribution in [1.29, 1.82) is 0 Å². The number of nitrogens with one attached hydrogen (secondary N) is 1. The molecular formula is C19H28N4O4. The number of hydrogen-bond acceptors (Lipinski definition) is 5. The van der Waals surface area contributed by atoms with Crippen molar-refractivity contribution in [2.45, 2.75) is 12.5 Å². The van der Waals surface area contributed by atoms with Gasteiger partial charge in [-0.05, 0) is 19.2 Å². The van der Waals surface area contributed by atoms with Crippen molar-refractivity contribution >= 4 is 17.6 Å². The van der Waals surface area contributed by atoms with Crippen LogP contribution in [0.15, 0.2) is 24.3 Å². The summed E-state index contributed by atoms with van der Waals surface area (Å²) in [7, 11) is 3.62. The molecule has 2 aliphatic heterocycles. The van der Waals surface area contributed by atoms with Gasteiger partial charge in [0.05, 0.1) is 32.1 Å². The highest BCUT2D eigenvalue weighted by atomic mass is 16.5. The lowest BCUT2D eigenvalue weighted by Crippen LogP contribution is -2.57. The molecule has 0 radical (unpaired) electrons. The van der Waals surface area contributed by atoms with Gasteiger partial charge in [0, 0.05) is 39.1 Å². The van der Waals surface area contributed by atoms with Crippen LogP contribution in [-0.4, -0.2) is 92.8 Å². The molecule has 1 aromatic carbocycles. The average molecular weight is 376 g/mol. The SMILES string of the molecule is COc1ccccc1NC(=O)C[C@@H]1COCCN1C(=O)N1CCN(C)CC1. The van der Waals surface area contributed by atoms with Crippen LogP contribution in [0.25, 0.3) is 0 Å². The van der Waals surface area contributed by atoms with Crippen molar-refractivity contribution in [2.24, 2.45) is 0 Å². The number of morpholine rings is 1. The van der Waals surface area contributed by atoms with Crippen molar-refractivity contribution in [3.63, 3.8) is 0 Å². The maximum Gasteiger partial charge on any atom is 0.320 e. The van der Waals surface area contributed by atoms with Crippen LogP contribution in [0.3, 0.4) is 0 Å². The smallest absolute Gasteiger partial charge is 0.320 e. The van der Waals surface area contributed by atoms with Crippen LogP contribution in [0.5, 0.6) is 5.75 Å². The third kappa shape index (κ3) is 4.90. The Morgan fingerprint density at radius 1 is 1.19 bits per heavy atom. The molecule has 8 heteroatoms. The van der Waals surface area contributed by atoms with Gasteiger partial charge in [-0.2, -0.15) is 0 Å². The average Bonchev–Trinajstić information content (AvgIpc) is 2.69. The quantitative estimate of drug-likeness (QED) is 0.852. The van der Waals surface area contributed by atoms with Crippen LogP contribution in [-0.2, 0) is 9.53 Å². The monoisotopic (exact) mass is 376 g/mol. The number of likely N-dealkylation sites (N-methyl/N-ethyl adjacent to an activating group) is 1. The second-order valence-electron chi connectivity index (χ2n) is 6.95. The van der Waals surface area contributed by atoms with E-state index in [1.165, 1.54) is 0 Å². The van der Waals surface area contributed by atoms with Crippen LogP contribution in [0.1, 0.15) is 6.42 Å². The number of para-hydroxylation sites is 2. The predicted molar refractivity (Wildman–Crippen MR) is 102 cm³/mol. The summed E-state index contributed by atoms with van der Waals surface area (Å²) in [6, 6.07) is 7.01. The fraction of sp³-hybridized carbons (Fsp3) is 0.579. The topological polar surface area (TPSA) is 74.3 Å². The maximum absolute atomic E-state index is 12.9. The van der Waals surface area contributed by atoms with E-state index >= 15 is 0 Å². The number of nitrogens with zero attached hydrogens (tertiary/aromatic N) is 3. The first-order chi connectivity index (χ1) is 13.1. The summed E-state index contributed by atoms with van der Waals surface area (Å²) in [6.07, 6.45) is 0.192. The molecule has 2 saturated heterocycles. The van der Waals surface area contributed by atoms with Crippen LogP contribution < -0.4 is 10.1 Å². The van der Waals surface area contributed by atoms with Crippen molar-refractivity contribution < 1.29 is 19.1 Å². The van der Waals surface area contributed by atoms with Crippen molar-refractivity contribution in [1.82, 2.24) is 14.7 Å². The summed E-state index contributed by atoms with van der Waals surface area (Å²) in [5.74, 6) is 0.447. The van der Waals surface area contributed by atoms with Gasteiger partial charge >= 0.3 is 6.03 Å². The van der Waals surface area contributed by atoms with Crippen molar-refractivity contribution in [3.8, 4) is 5.75 Å². The van der Waals surface area contributed by atoms with Gasteiger partial charge in [-0.1, -0.05) is 12.1 Å². The van der Waals surface area contributed by atoms with Gasteiger partial charge in [0.25, 0.3) is 0 Å². The van der Waals surface area contributed by atoms with Gasteiger partial charge in [-0.3, -0.25) is 4.79 Å². The molecule has 148 valence electrons. The fourth-order valence-electron chi connectivity index (χ4n) is 3.42. The summed E-state index contributed by atoms with van der Waals surface area (Å²) in [6.45, 7) is 4.56.